The van der Waals surface area contributed by atoms with Gasteiger partial charge in [-0.1, -0.05) is 43.3 Å². The van der Waals surface area contributed by atoms with Gasteiger partial charge in [0.1, 0.15) is 5.60 Å². The maximum absolute atomic E-state index is 13.3. The molecule has 7 nitrogen and oxygen atoms in total. The number of methoxy groups -OCH3 is 1. The average molecular weight is 427 g/mol. The molecule has 2 aromatic carbocycles. The molecule has 7 heteroatoms. The number of nitrogens with one attached hydrogen (secondary N) is 1. The summed E-state index contributed by atoms with van der Waals surface area (Å²) in [4.78, 5) is 38.9. The average Bonchev–Trinajstić information content (AvgIpc) is 2.71. The number of amides is 2. The fourth-order valence-electron chi connectivity index (χ4n) is 2.96. The number of anilines is 1. The lowest BCUT2D eigenvalue weighted by Gasteiger charge is -2.25. The predicted molar refractivity (Wildman–Crippen MR) is 119 cm³/mol. The summed E-state index contributed by atoms with van der Waals surface area (Å²) >= 11 is 0. The number of carbonyl (C=O) groups excluding carboxylic acids is 3. The molecule has 0 radical (unpaired) electrons. The quantitative estimate of drug-likeness (QED) is 0.660. The van der Waals surface area contributed by atoms with Crippen molar-refractivity contribution in [2.45, 2.75) is 39.8 Å². The van der Waals surface area contributed by atoms with E-state index in [-0.39, 0.29) is 18.4 Å². The van der Waals surface area contributed by atoms with E-state index in [2.05, 4.69) is 5.32 Å². The van der Waals surface area contributed by atoms with E-state index in [1.807, 2.05) is 30.3 Å². The van der Waals surface area contributed by atoms with Gasteiger partial charge in [0.25, 0.3) is 5.91 Å². The van der Waals surface area contributed by atoms with Crippen molar-refractivity contribution in [2.75, 3.05) is 19.0 Å². The minimum atomic E-state index is -0.631. The first-order valence-electron chi connectivity index (χ1n) is 10.1. The third-order valence-corrected chi connectivity index (χ3v) is 4.36. The minimum absolute atomic E-state index is 0.199. The van der Waals surface area contributed by atoms with Gasteiger partial charge in [0.15, 0.2) is 0 Å². The lowest BCUT2D eigenvalue weighted by molar-refractivity contribution is -0.145. The zero-order valence-corrected chi connectivity index (χ0v) is 18.7. The van der Waals surface area contributed by atoms with Crippen molar-refractivity contribution >= 4 is 23.7 Å². The van der Waals surface area contributed by atoms with Gasteiger partial charge in [0, 0.05) is 24.3 Å². The molecular formula is C24H30N2O5. The SMILES string of the molecule is COC(=O)C(C)CN(Cc1ccccc1)C(=O)c1cccc(NC(=O)OC(C)(C)C)c1. The molecular weight excluding hydrogens is 396 g/mol. The number of benzene rings is 2. The Morgan fingerprint density at radius 2 is 1.71 bits per heavy atom. The summed E-state index contributed by atoms with van der Waals surface area (Å²) in [5, 5.41) is 2.64. The summed E-state index contributed by atoms with van der Waals surface area (Å²) in [5.41, 5.74) is 1.15. The second-order valence-electron chi connectivity index (χ2n) is 8.30. The molecule has 0 saturated carbocycles. The Hall–Kier alpha value is -3.35. The van der Waals surface area contributed by atoms with Crippen LogP contribution >= 0.6 is 0 Å². The van der Waals surface area contributed by atoms with Gasteiger partial charge in [-0.05, 0) is 44.5 Å². The lowest BCUT2D eigenvalue weighted by atomic mass is 10.1. The van der Waals surface area contributed by atoms with Crippen LogP contribution in [0.1, 0.15) is 43.6 Å². The standard InChI is InChI=1S/C24H30N2O5/c1-17(22(28)30-5)15-26(16-18-10-7-6-8-11-18)21(27)19-12-9-13-20(14-19)25-23(29)31-24(2,3)4/h6-14,17H,15-16H2,1-5H3,(H,25,29). The first kappa shape index (κ1) is 23.9. The van der Waals surface area contributed by atoms with Crippen LogP contribution in [-0.2, 0) is 20.8 Å². The molecule has 0 spiro atoms. The van der Waals surface area contributed by atoms with Gasteiger partial charge in [-0.15, -0.1) is 0 Å². The molecule has 2 aromatic rings. The summed E-state index contributed by atoms with van der Waals surface area (Å²) in [5.74, 6) is -1.13. The Balaban J connectivity index is 2.22. The Morgan fingerprint density at radius 1 is 1.03 bits per heavy atom. The Bertz CT molecular complexity index is 906. The summed E-state index contributed by atoms with van der Waals surface area (Å²) in [6.45, 7) is 7.58. The highest BCUT2D eigenvalue weighted by atomic mass is 16.6. The molecule has 1 unspecified atom stereocenters. The minimum Gasteiger partial charge on any atom is -0.469 e. The van der Waals surface area contributed by atoms with Crippen LogP contribution in [0, 0.1) is 5.92 Å². The number of nitrogens with zero attached hydrogens (tertiary/aromatic N) is 1. The fourth-order valence-corrected chi connectivity index (χ4v) is 2.96. The molecule has 2 rings (SSSR count). The van der Waals surface area contributed by atoms with E-state index in [0.29, 0.717) is 17.8 Å². The zero-order valence-electron chi connectivity index (χ0n) is 18.7. The highest BCUT2D eigenvalue weighted by Crippen LogP contribution is 2.18. The van der Waals surface area contributed by atoms with Crippen LogP contribution in [0.4, 0.5) is 10.5 Å². The van der Waals surface area contributed by atoms with E-state index in [0.717, 1.165) is 5.56 Å². The number of hydrogen-bond donors (Lipinski definition) is 1. The van der Waals surface area contributed by atoms with E-state index in [4.69, 9.17) is 9.47 Å². The van der Waals surface area contributed by atoms with E-state index in [1.165, 1.54) is 7.11 Å². The van der Waals surface area contributed by atoms with Crippen LogP contribution in [0.15, 0.2) is 54.6 Å². The Morgan fingerprint density at radius 3 is 2.32 bits per heavy atom. The molecule has 2 amide bonds. The number of carbonyl (C=O) groups is 3. The fraction of sp³-hybridized carbons (Fsp3) is 0.375. The van der Waals surface area contributed by atoms with Crippen LogP contribution in [0.2, 0.25) is 0 Å². The molecule has 0 saturated heterocycles. The van der Waals surface area contributed by atoms with Crippen LogP contribution < -0.4 is 5.32 Å². The van der Waals surface area contributed by atoms with E-state index in [9.17, 15) is 14.4 Å². The molecule has 0 bridgehead atoms. The summed E-state index contributed by atoms with van der Waals surface area (Å²) in [6, 6.07) is 16.2. The zero-order chi connectivity index (χ0) is 23.0. The largest absolute Gasteiger partial charge is 0.469 e. The third kappa shape index (κ3) is 7.77. The Labute approximate surface area is 183 Å². The molecule has 0 heterocycles. The van der Waals surface area contributed by atoms with Crippen molar-refractivity contribution in [1.29, 1.82) is 0 Å². The van der Waals surface area contributed by atoms with E-state index in [1.54, 1.807) is 56.9 Å². The summed E-state index contributed by atoms with van der Waals surface area (Å²) < 4.78 is 10.1. The van der Waals surface area contributed by atoms with Crippen LogP contribution in [0.5, 0.6) is 0 Å². The summed E-state index contributed by atoms with van der Waals surface area (Å²) in [6.07, 6.45) is -0.599. The first-order valence-corrected chi connectivity index (χ1v) is 10.1. The second-order valence-corrected chi connectivity index (χ2v) is 8.30. The topological polar surface area (TPSA) is 84.9 Å². The van der Waals surface area contributed by atoms with Gasteiger partial charge in [-0.25, -0.2) is 4.79 Å². The van der Waals surface area contributed by atoms with Crippen molar-refractivity contribution in [2.24, 2.45) is 5.92 Å². The number of hydrogen-bond acceptors (Lipinski definition) is 5. The maximum Gasteiger partial charge on any atom is 0.412 e. The molecule has 31 heavy (non-hydrogen) atoms. The summed E-state index contributed by atoms with van der Waals surface area (Å²) in [7, 11) is 1.33. The van der Waals surface area contributed by atoms with Crippen LogP contribution in [0.3, 0.4) is 0 Å². The van der Waals surface area contributed by atoms with Gasteiger partial charge in [-0.3, -0.25) is 14.9 Å². The molecule has 1 N–H and O–H groups in total. The van der Waals surface area contributed by atoms with Gasteiger partial charge in [0.2, 0.25) is 0 Å². The molecule has 1 atom stereocenters. The highest BCUT2D eigenvalue weighted by Gasteiger charge is 2.23. The van der Waals surface area contributed by atoms with Crippen LogP contribution in [-0.4, -0.2) is 42.1 Å². The molecule has 0 aliphatic carbocycles. The van der Waals surface area contributed by atoms with Gasteiger partial charge >= 0.3 is 12.1 Å². The lowest BCUT2D eigenvalue weighted by Crippen LogP contribution is -2.37. The first-order chi connectivity index (χ1) is 14.6. The monoisotopic (exact) mass is 426 g/mol. The number of ether oxygens (including phenoxy) is 2. The molecule has 166 valence electrons. The van der Waals surface area contributed by atoms with Gasteiger partial charge in [-0.2, -0.15) is 0 Å². The van der Waals surface area contributed by atoms with Crippen molar-refractivity contribution < 1.29 is 23.9 Å². The number of esters is 1. The molecule has 0 aliphatic rings. The van der Waals surface area contributed by atoms with Crippen molar-refractivity contribution in [3.05, 3.63) is 65.7 Å². The molecule has 0 aliphatic heterocycles. The molecule has 0 fully saturated rings. The predicted octanol–water partition coefficient (Wildman–Crippen LogP) is 4.49. The highest BCUT2D eigenvalue weighted by molar-refractivity contribution is 5.96. The van der Waals surface area contributed by atoms with Gasteiger partial charge in [0.05, 0.1) is 13.0 Å². The normalized spacial score (nSPS) is 11.9. The third-order valence-electron chi connectivity index (χ3n) is 4.36. The maximum atomic E-state index is 13.3. The van der Waals surface area contributed by atoms with Crippen molar-refractivity contribution in [3.63, 3.8) is 0 Å². The Kier molecular flexibility index (Phi) is 8.19. The van der Waals surface area contributed by atoms with Crippen molar-refractivity contribution in [1.82, 2.24) is 4.90 Å². The second kappa shape index (κ2) is 10.6. The van der Waals surface area contributed by atoms with Crippen molar-refractivity contribution in [3.8, 4) is 0 Å². The van der Waals surface area contributed by atoms with E-state index < -0.39 is 17.6 Å². The molecule has 0 aromatic heterocycles. The van der Waals surface area contributed by atoms with Gasteiger partial charge < -0.3 is 14.4 Å². The number of rotatable bonds is 7. The van der Waals surface area contributed by atoms with E-state index >= 15 is 0 Å². The smallest absolute Gasteiger partial charge is 0.412 e. The van der Waals surface area contributed by atoms with Crippen LogP contribution in [0.25, 0.3) is 0 Å².